The molecule has 0 saturated carbocycles. The van der Waals surface area contributed by atoms with Crippen LogP contribution in [0.3, 0.4) is 0 Å². The molecule has 0 amide bonds. The Kier molecular flexibility index (Phi) is 6.79. The smallest absolute Gasteiger partial charge is 0.0492 e. The molecular formula is C16H28N8. The van der Waals surface area contributed by atoms with Gasteiger partial charge in [-0.15, -0.1) is 0 Å². The summed E-state index contributed by atoms with van der Waals surface area (Å²) >= 11 is 0. The Morgan fingerprint density at radius 3 is 1.62 bits per heavy atom. The quantitative estimate of drug-likeness (QED) is 0.611. The molecule has 1 aliphatic heterocycles. The first-order valence-electron chi connectivity index (χ1n) is 8.73. The number of hydrogen-bond acceptors (Lipinski definition) is 6. The molecular weight excluding hydrogens is 304 g/mol. The molecule has 1 aliphatic rings. The molecule has 2 aromatic rings. The second-order valence-electron chi connectivity index (χ2n) is 6.22. The van der Waals surface area contributed by atoms with Crippen LogP contribution in [0.1, 0.15) is 11.4 Å². The summed E-state index contributed by atoms with van der Waals surface area (Å²) in [6.07, 6.45) is 3.64. The molecule has 0 unspecified atom stereocenters. The van der Waals surface area contributed by atoms with Gasteiger partial charge in [-0.2, -0.15) is 10.2 Å². The first kappa shape index (κ1) is 17.1. The third kappa shape index (κ3) is 5.72. The van der Waals surface area contributed by atoms with E-state index in [0.717, 1.165) is 65.4 Å². The Labute approximate surface area is 143 Å². The second kappa shape index (κ2) is 9.53. The molecule has 0 aliphatic carbocycles. The summed E-state index contributed by atoms with van der Waals surface area (Å²) in [6.45, 7) is 10.0. The van der Waals surface area contributed by atoms with E-state index < -0.39 is 0 Å². The monoisotopic (exact) mass is 332 g/mol. The van der Waals surface area contributed by atoms with Crippen molar-refractivity contribution in [2.24, 2.45) is 0 Å². The molecule has 0 spiro atoms. The van der Waals surface area contributed by atoms with Crippen molar-refractivity contribution in [1.29, 1.82) is 0 Å². The SMILES string of the molecule is c1cc(CN2CCNCCNCCN(Cc3ccn[nH]3)CC2)[nH]n1. The molecule has 24 heavy (non-hydrogen) atoms. The van der Waals surface area contributed by atoms with Gasteiger partial charge in [0.15, 0.2) is 0 Å². The summed E-state index contributed by atoms with van der Waals surface area (Å²) in [6, 6.07) is 4.10. The van der Waals surface area contributed by atoms with Crippen molar-refractivity contribution < 1.29 is 0 Å². The molecule has 1 saturated heterocycles. The molecule has 4 N–H and O–H groups in total. The van der Waals surface area contributed by atoms with Crippen molar-refractivity contribution in [3.05, 3.63) is 35.9 Å². The van der Waals surface area contributed by atoms with Gasteiger partial charge in [-0.05, 0) is 12.1 Å². The molecule has 8 nitrogen and oxygen atoms in total. The number of H-pyrrole nitrogens is 2. The molecule has 8 heteroatoms. The van der Waals surface area contributed by atoms with Crippen LogP contribution in [0.2, 0.25) is 0 Å². The highest BCUT2D eigenvalue weighted by atomic mass is 15.2. The molecule has 132 valence electrons. The minimum Gasteiger partial charge on any atom is -0.314 e. The molecule has 3 rings (SSSR count). The summed E-state index contributed by atoms with van der Waals surface area (Å²) in [4.78, 5) is 4.96. The maximum Gasteiger partial charge on any atom is 0.0492 e. The highest BCUT2D eigenvalue weighted by Crippen LogP contribution is 2.04. The van der Waals surface area contributed by atoms with Crippen LogP contribution >= 0.6 is 0 Å². The number of aromatic nitrogens is 4. The summed E-state index contributed by atoms with van der Waals surface area (Å²) in [5.41, 5.74) is 2.34. The number of aromatic amines is 2. The van der Waals surface area contributed by atoms with Crippen LogP contribution in [0.4, 0.5) is 0 Å². The maximum absolute atomic E-state index is 4.06. The van der Waals surface area contributed by atoms with Crippen molar-refractivity contribution in [2.75, 3.05) is 52.4 Å². The summed E-state index contributed by atoms with van der Waals surface area (Å²) < 4.78 is 0. The van der Waals surface area contributed by atoms with E-state index in [1.54, 1.807) is 0 Å². The van der Waals surface area contributed by atoms with Gasteiger partial charge < -0.3 is 10.6 Å². The van der Waals surface area contributed by atoms with E-state index in [1.807, 2.05) is 12.4 Å². The van der Waals surface area contributed by atoms with E-state index in [2.05, 4.69) is 53.0 Å². The Hall–Kier alpha value is -1.74. The molecule has 0 bridgehead atoms. The summed E-state index contributed by atoms with van der Waals surface area (Å²) in [5, 5.41) is 21.3. The van der Waals surface area contributed by atoms with Crippen molar-refractivity contribution in [3.63, 3.8) is 0 Å². The lowest BCUT2D eigenvalue weighted by Gasteiger charge is -2.28. The third-order valence-electron chi connectivity index (χ3n) is 4.33. The molecule has 2 aromatic heterocycles. The molecule has 3 heterocycles. The standard InChI is InChI=1S/C16H28N8/c1-3-19-21-15(1)13-23-9-7-17-5-6-18-8-10-24(12-11-23)14-16-2-4-20-22-16/h1-4,17-18H,5-14H2,(H,19,21)(H,20,22). The normalized spacial score (nSPS) is 19.7. The van der Waals surface area contributed by atoms with Crippen LogP contribution in [0.25, 0.3) is 0 Å². The third-order valence-corrected chi connectivity index (χ3v) is 4.33. The molecule has 0 atom stereocenters. The number of nitrogens with zero attached hydrogens (tertiary/aromatic N) is 4. The Morgan fingerprint density at radius 1 is 0.708 bits per heavy atom. The zero-order valence-corrected chi connectivity index (χ0v) is 14.2. The predicted octanol–water partition coefficient (Wildman–Crippen LogP) is -0.370. The molecule has 1 fully saturated rings. The van der Waals surface area contributed by atoms with E-state index in [9.17, 15) is 0 Å². The fraction of sp³-hybridized carbons (Fsp3) is 0.625. The zero-order valence-electron chi connectivity index (χ0n) is 14.2. The van der Waals surface area contributed by atoms with Gasteiger partial charge in [0.2, 0.25) is 0 Å². The number of rotatable bonds is 4. The second-order valence-corrected chi connectivity index (χ2v) is 6.22. The summed E-state index contributed by atoms with van der Waals surface area (Å²) in [7, 11) is 0. The van der Waals surface area contributed by atoms with Crippen molar-refractivity contribution >= 4 is 0 Å². The Morgan fingerprint density at radius 2 is 1.21 bits per heavy atom. The first-order chi connectivity index (χ1) is 11.9. The van der Waals surface area contributed by atoms with Crippen LogP contribution < -0.4 is 10.6 Å². The minimum atomic E-state index is 0.915. The van der Waals surface area contributed by atoms with Gasteiger partial charge in [0.1, 0.15) is 0 Å². The maximum atomic E-state index is 4.06. The lowest BCUT2D eigenvalue weighted by Crippen LogP contribution is -2.43. The Bertz CT molecular complexity index is 488. The highest BCUT2D eigenvalue weighted by Gasteiger charge is 2.12. The topological polar surface area (TPSA) is 87.9 Å². The van der Waals surface area contributed by atoms with Crippen molar-refractivity contribution in [2.45, 2.75) is 13.1 Å². The van der Waals surface area contributed by atoms with E-state index in [4.69, 9.17) is 0 Å². The Balaban J connectivity index is 1.57. The lowest BCUT2D eigenvalue weighted by atomic mass is 10.3. The van der Waals surface area contributed by atoms with Gasteiger partial charge >= 0.3 is 0 Å². The van der Waals surface area contributed by atoms with Gasteiger partial charge in [0.25, 0.3) is 0 Å². The largest absolute Gasteiger partial charge is 0.314 e. The number of hydrogen-bond donors (Lipinski definition) is 4. The van der Waals surface area contributed by atoms with Gasteiger partial charge in [0.05, 0.1) is 0 Å². The van der Waals surface area contributed by atoms with Crippen LogP contribution in [-0.4, -0.2) is 82.6 Å². The van der Waals surface area contributed by atoms with E-state index >= 15 is 0 Å². The van der Waals surface area contributed by atoms with E-state index in [-0.39, 0.29) is 0 Å². The van der Waals surface area contributed by atoms with Crippen LogP contribution in [0.5, 0.6) is 0 Å². The van der Waals surface area contributed by atoms with Gasteiger partial charge in [-0.25, -0.2) is 0 Å². The average molecular weight is 332 g/mol. The van der Waals surface area contributed by atoms with Crippen molar-refractivity contribution in [3.8, 4) is 0 Å². The van der Waals surface area contributed by atoms with E-state index in [0.29, 0.717) is 0 Å². The zero-order chi connectivity index (χ0) is 16.5. The van der Waals surface area contributed by atoms with Gasteiger partial charge in [-0.3, -0.25) is 20.0 Å². The van der Waals surface area contributed by atoms with Crippen LogP contribution in [0, 0.1) is 0 Å². The highest BCUT2D eigenvalue weighted by molar-refractivity contribution is 4.98. The lowest BCUT2D eigenvalue weighted by molar-refractivity contribution is 0.188. The number of nitrogens with one attached hydrogen (secondary N) is 4. The molecule has 0 aromatic carbocycles. The van der Waals surface area contributed by atoms with Crippen LogP contribution in [0.15, 0.2) is 24.5 Å². The van der Waals surface area contributed by atoms with Crippen LogP contribution in [-0.2, 0) is 13.1 Å². The fourth-order valence-corrected chi connectivity index (χ4v) is 2.95. The first-order valence-corrected chi connectivity index (χ1v) is 8.73. The fourth-order valence-electron chi connectivity index (χ4n) is 2.95. The van der Waals surface area contributed by atoms with E-state index in [1.165, 1.54) is 11.4 Å². The molecule has 0 radical (unpaired) electrons. The van der Waals surface area contributed by atoms with Crippen molar-refractivity contribution in [1.82, 2.24) is 40.8 Å². The summed E-state index contributed by atoms with van der Waals surface area (Å²) in [5.74, 6) is 0. The minimum absolute atomic E-state index is 0.915. The predicted molar refractivity (Wildman–Crippen MR) is 93.5 cm³/mol. The average Bonchev–Trinajstić information content (AvgIpc) is 3.26. The van der Waals surface area contributed by atoms with Gasteiger partial charge in [0, 0.05) is 89.2 Å². The van der Waals surface area contributed by atoms with Gasteiger partial charge in [-0.1, -0.05) is 0 Å².